The summed E-state index contributed by atoms with van der Waals surface area (Å²) in [4.78, 5) is 0. The van der Waals surface area contributed by atoms with Gasteiger partial charge in [0, 0.05) is 36.7 Å². The molecule has 0 aromatic carbocycles. The predicted molar refractivity (Wildman–Crippen MR) is 53.4 cm³/mol. The lowest BCUT2D eigenvalue weighted by molar-refractivity contribution is 2.31. The molecule has 0 aromatic heterocycles. The van der Waals surface area contributed by atoms with Gasteiger partial charge in [0.2, 0.25) is 0 Å². The lowest BCUT2D eigenvalue weighted by atomic mass is 8.82. The number of hydrogen-bond acceptors (Lipinski definition) is 0. The van der Waals surface area contributed by atoms with Gasteiger partial charge in [-0.1, -0.05) is 22.6 Å². The van der Waals surface area contributed by atoms with E-state index in [4.69, 9.17) is 23.2 Å². The molecule has 0 aliphatic rings. The fraction of sp³-hybridized carbons (Fsp3) is 1.00. The Labute approximate surface area is 70.0 Å². The van der Waals surface area contributed by atoms with E-state index in [2.05, 4.69) is 22.6 Å². The SMILES string of the molecule is [B][B]B(CI)B([B])[B]. The van der Waals surface area contributed by atoms with Crippen molar-refractivity contribution in [3.05, 3.63) is 0 Å². The van der Waals surface area contributed by atoms with Crippen molar-refractivity contribution in [1.82, 2.24) is 0 Å². The molecule has 0 unspecified atom stereocenters. The summed E-state index contributed by atoms with van der Waals surface area (Å²) in [6.45, 7) is 0.149. The summed E-state index contributed by atoms with van der Waals surface area (Å²) >= 11 is 2.19. The highest BCUT2D eigenvalue weighted by Crippen LogP contribution is 1.87. The largest absolute Gasteiger partial charge is 0.0969 e. The van der Waals surface area contributed by atoms with Gasteiger partial charge in [-0.25, -0.2) is 0 Å². The van der Waals surface area contributed by atoms with Gasteiger partial charge in [-0.3, -0.25) is 0 Å². The van der Waals surface area contributed by atoms with Gasteiger partial charge in [0.05, 0.1) is 6.49 Å². The van der Waals surface area contributed by atoms with Crippen LogP contribution < -0.4 is 0 Å². The van der Waals surface area contributed by atoms with Gasteiger partial charge < -0.3 is 0 Å². The van der Waals surface area contributed by atoms with E-state index in [-0.39, 0.29) is 12.9 Å². The average molecular weight is 206 g/mol. The summed E-state index contributed by atoms with van der Waals surface area (Å²) in [6.07, 6.45) is -0.308. The Morgan fingerprint density at radius 2 is 2.00 bits per heavy atom. The highest BCUT2D eigenvalue weighted by atomic mass is 127. The zero-order valence-electron chi connectivity index (χ0n) is 4.55. The first-order valence-electron chi connectivity index (χ1n) is 2.34. The van der Waals surface area contributed by atoms with Crippen molar-refractivity contribution in [2.24, 2.45) is 0 Å². The van der Waals surface area contributed by atoms with Gasteiger partial charge >= 0.3 is 0 Å². The van der Waals surface area contributed by atoms with E-state index in [0.29, 0.717) is 0 Å². The zero-order chi connectivity index (χ0) is 6.57. The summed E-state index contributed by atoms with van der Waals surface area (Å²) < 4.78 is 0.881. The third kappa shape index (κ3) is 3.21. The number of rotatable bonds is 3. The maximum absolute atomic E-state index is 5.32. The van der Waals surface area contributed by atoms with Crippen LogP contribution in [0.1, 0.15) is 0 Å². The van der Waals surface area contributed by atoms with Crippen LogP contribution in [0.3, 0.4) is 0 Å². The van der Waals surface area contributed by atoms with E-state index in [1.54, 1.807) is 0 Å². The molecule has 0 bridgehead atoms. The Bertz CT molecular complexity index is 50.5. The van der Waals surface area contributed by atoms with Crippen LogP contribution in [0.25, 0.3) is 0 Å². The molecule has 0 amide bonds. The third-order valence-corrected chi connectivity index (χ3v) is 1.94. The molecule has 0 aliphatic heterocycles. The van der Waals surface area contributed by atoms with Crippen molar-refractivity contribution in [1.29, 1.82) is 0 Å². The fourth-order valence-electron chi connectivity index (χ4n) is 0.283. The van der Waals surface area contributed by atoms with Gasteiger partial charge in [0.1, 0.15) is 0 Å². The molecule has 0 N–H and O–H groups in total. The topological polar surface area (TPSA) is 0 Å². The van der Waals surface area contributed by atoms with Crippen LogP contribution >= 0.6 is 22.6 Å². The second-order valence-electron chi connectivity index (χ2n) is 1.59. The van der Waals surface area contributed by atoms with Gasteiger partial charge in [0.15, 0.2) is 0 Å². The Balaban J connectivity index is 3.35. The Morgan fingerprint density at radius 3 is 2.00 bits per heavy atom. The minimum absolute atomic E-state index is 0.149. The minimum Gasteiger partial charge on any atom is -0.0969 e. The van der Waals surface area contributed by atoms with Gasteiger partial charge in [-0.15, -0.1) is 0 Å². The molecule has 31 valence electrons. The van der Waals surface area contributed by atoms with E-state index >= 15 is 0 Å². The highest BCUT2D eigenvalue weighted by Gasteiger charge is 2.12. The molecule has 7 heteroatoms. The van der Waals surface area contributed by atoms with E-state index in [9.17, 15) is 0 Å². The van der Waals surface area contributed by atoms with E-state index in [0.717, 1.165) is 4.33 Å². The lowest BCUT2D eigenvalue weighted by Crippen LogP contribution is -2.44. The zero-order valence-corrected chi connectivity index (χ0v) is 6.71. The van der Waals surface area contributed by atoms with Gasteiger partial charge in [0.25, 0.3) is 0 Å². The Morgan fingerprint density at radius 1 is 1.50 bits per heavy atom. The summed E-state index contributed by atoms with van der Waals surface area (Å²) in [6, 6.07) is 0. The monoisotopic (exact) mass is 207 g/mol. The Kier molecular flexibility index (Phi) is 5.64. The molecule has 0 spiro atoms. The standard InChI is InChI=1S/CH2B6I/c2-5-6(1-8)7(3)4/h1H2. The van der Waals surface area contributed by atoms with Crippen LogP contribution in [0.5, 0.6) is 0 Å². The molecular formula is CH2B6I. The molecule has 8 heavy (non-hydrogen) atoms. The summed E-state index contributed by atoms with van der Waals surface area (Å²) in [5.74, 6) is 0. The molecule has 0 fully saturated rings. The van der Waals surface area contributed by atoms with Crippen molar-refractivity contribution >= 4 is 65.7 Å². The van der Waals surface area contributed by atoms with Crippen molar-refractivity contribution < 1.29 is 0 Å². The van der Waals surface area contributed by atoms with Crippen molar-refractivity contribution in [2.45, 2.75) is 0 Å². The van der Waals surface area contributed by atoms with E-state index in [1.165, 1.54) is 7.06 Å². The molecule has 0 saturated carbocycles. The van der Waals surface area contributed by atoms with Crippen LogP contribution in [0.15, 0.2) is 0 Å². The molecule has 0 atom stereocenters. The fourth-order valence-corrected chi connectivity index (χ4v) is 1.16. The predicted octanol–water partition coefficient (Wildman–Crippen LogP) is -1.36. The van der Waals surface area contributed by atoms with Crippen molar-refractivity contribution in [2.75, 3.05) is 4.33 Å². The summed E-state index contributed by atoms with van der Waals surface area (Å²) in [5.41, 5.74) is 0. The maximum Gasteiger partial charge on any atom is 0.0574 e. The molecule has 0 aromatic rings. The second-order valence-corrected chi connectivity index (χ2v) is 2.47. The molecule has 0 saturated heterocycles. The van der Waals surface area contributed by atoms with Crippen molar-refractivity contribution in [3.8, 4) is 0 Å². The molecule has 7 radical (unpaired) electrons. The molecule has 0 nitrogen and oxygen atoms in total. The maximum atomic E-state index is 5.32. The van der Waals surface area contributed by atoms with Crippen LogP contribution in [-0.4, -0.2) is 47.5 Å². The Hall–Kier alpha value is 1.12. The second kappa shape index (κ2) is 4.95. The molecule has 0 rings (SSSR count). The quantitative estimate of drug-likeness (QED) is 0.304. The van der Waals surface area contributed by atoms with Crippen LogP contribution in [-0.2, 0) is 0 Å². The number of hydrogen-bond donors (Lipinski definition) is 0. The molecule has 0 aliphatic carbocycles. The summed E-state index contributed by atoms with van der Waals surface area (Å²) in [5, 5.41) is 0. The van der Waals surface area contributed by atoms with Crippen molar-refractivity contribution in [3.63, 3.8) is 0 Å². The summed E-state index contributed by atoms with van der Waals surface area (Å²) in [7, 11) is 17.4. The minimum atomic E-state index is -0.308. The van der Waals surface area contributed by atoms with Gasteiger partial charge in [-0.2, -0.15) is 0 Å². The highest BCUT2D eigenvalue weighted by molar-refractivity contribution is 14.1. The van der Waals surface area contributed by atoms with Crippen LogP contribution in [0.4, 0.5) is 0 Å². The smallest absolute Gasteiger partial charge is 0.0574 e. The number of halogens is 1. The first-order valence-corrected chi connectivity index (χ1v) is 3.87. The van der Waals surface area contributed by atoms with Crippen LogP contribution in [0, 0.1) is 0 Å². The third-order valence-electron chi connectivity index (χ3n) is 0.920. The van der Waals surface area contributed by atoms with E-state index in [1.807, 2.05) is 0 Å². The number of alkyl halides is 1. The molecule has 0 heterocycles. The lowest BCUT2D eigenvalue weighted by Gasteiger charge is -2.09. The first-order chi connectivity index (χ1) is 3.72. The normalized spacial score (nSPS) is 8.12. The van der Waals surface area contributed by atoms with E-state index < -0.39 is 0 Å². The molecular weight excluding hydrogens is 204 g/mol. The van der Waals surface area contributed by atoms with Gasteiger partial charge in [-0.05, 0) is 4.33 Å². The first kappa shape index (κ1) is 9.12. The average Bonchev–Trinajstić information content (AvgIpc) is 1.69. The van der Waals surface area contributed by atoms with Crippen LogP contribution in [0.2, 0.25) is 0 Å².